The minimum absolute atomic E-state index is 0.0156. The summed E-state index contributed by atoms with van der Waals surface area (Å²) in [4.78, 5) is 46.6. The molecular formula is C54H54Cl4N8O2. The minimum Gasteiger partial charge on any atom is -0.369 e. The summed E-state index contributed by atoms with van der Waals surface area (Å²) in [5.41, 5.74) is 13.6. The predicted octanol–water partition coefficient (Wildman–Crippen LogP) is 12.9. The van der Waals surface area contributed by atoms with Crippen LogP contribution in [0.4, 0.5) is 22.7 Å². The zero-order valence-corrected chi connectivity index (χ0v) is 40.7. The number of halogens is 4. The normalized spacial score (nSPS) is 11.3. The molecular weight excluding hydrogens is 934 g/mol. The summed E-state index contributed by atoms with van der Waals surface area (Å²) in [5, 5.41) is 6.07. The van der Waals surface area contributed by atoms with E-state index in [9.17, 15) is 9.59 Å². The number of H-pyrrole nitrogens is 2. The highest BCUT2D eigenvalue weighted by atomic mass is 35.5. The SMILES string of the molecule is O=C(CCCc1ccc(N(CCCl)CCCl)cc1)Nc1ccc(-c2nc3ccc(-c4ccc5nc(-c6ccc(NC(=O)CCCc7ccc(N(CCCl)CCCl)cc7)cc6)[nH]c5c4)cc3[nH]2)cc1. The number of fused-ring (bicyclic) bond motifs is 2. The van der Waals surface area contributed by atoms with Crippen LogP contribution in [0.1, 0.15) is 36.8 Å². The molecule has 0 spiro atoms. The van der Waals surface area contributed by atoms with Gasteiger partial charge < -0.3 is 30.4 Å². The third kappa shape index (κ3) is 12.7. The molecule has 350 valence electrons. The van der Waals surface area contributed by atoms with Gasteiger partial charge in [0.25, 0.3) is 0 Å². The van der Waals surface area contributed by atoms with E-state index in [1.807, 2.05) is 60.7 Å². The number of anilines is 4. The third-order valence-corrected chi connectivity index (χ3v) is 12.6. The van der Waals surface area contributed by atoms with Crippen molar-refractivity contribution in [2.24, 2.45) is 0 Å². The number of benzene rings is 6. The van der Waals surface area contributed by atoms with Crippen LogP contribution in [0, 0.1) is 0 Å². The second-order valence-corrected chi connectivity index (χ2v) is 18.2. The largest absolute Gasteiger partial charge is 0.369 e. The molecule has 6 aromatic carbocycles. The van der Waals surface area contributed by atoms with Gasteiger partial charge in [0.2, 0.25) is 11.8 Å². The summed E-state index contributed by atoms with van der Waals surface area (Å²) in [7, 11) is 0. The van der Waals surface area contributed by atoms with Gasteiger partial charge in [0, 0.05) is 96.4 Å². The van der Waals surface area contributed by atoms with E-state index in [-0.39, 0.29) is 11.8 Å². The first-order valence-electron chi connectivity index (χ1n) is 23.0. The smallest absolute Gasteiger partial charge is 0.224 e. The molecule has 0 aliphatic carbocycles. The van der Waals surface area contributed by atoms with Crippen LogP contribution in [0.15, 0.2) is 133 Å². The molecule has 2 amide bonds. The van der Waals surface area contributed by atoms with Crippen molar-refractivity contribution >= 4 is 103 Å². The van der Waals surface area contributed by atoms with Gasteiger partial charge in [0.15, 0.2) is 0 Å². The first-order valence-corrected chi connectivity index (χ1v) is 25.1. The lowest BCUT2D eigenvalue weighted by atomic mass is 10.0. The maximum atomic E-state index is 12.8. The molecule has 2 heterocycles. The van der Waals surface area contributed by atoms with Crippen molar-refractivity contribution < 1.29 is 9.59 Å². The Morgan fingerprint density at radius 2 is 0.809 bits per heavy atom. The number of nitrogens with one attached hydrogen (secondary N) is 4. The molecule has 14 heteroatoms. The predicted molar refractivity (Wildman–Crippen MR) is 285 cm³/mol. The van der Waals surface area contributed by atoms with Crippen LogP contribution in [0.5, 0.6) is 0 Å². The van der Waals surface area contributed by atoms with E-state index in [1.165, 1.54) is 11.1 Å². The number of aryl methyl sites for hydroxylation is 2. The lowest BCUT2D eigenvalue weighted by molar-refractivity contribution is -0.117. The Kier molecular flexibility index (Phi) is 16.9. The fourth-order valence-electron chi connectivity index (χ4n) is 8.32. The van der Waals surface area contributed by atoms with Crippen LogP contribution >= 0.6 is 46.4 Å². The van der Waals surface area contributed by atoms with Crippen molar-refractivity contribution in [3.8, 4) is 33.9 Å². The molecule has 4 N–H and O–H groups in total. The fraction of sp³-hybridized carbons (Fsp3) is 0.259. The molecule has 0 aliphatic rings. The van der Waals surface area contributed by atoms with Gasteiger partial charge in [-0.05, 0) is 145 Å². The monoisotopic (exact) mass is 986 g/mol. The van der Waals surface area contributed by atoms with Gasteiger partial charge in [-0.15, -0.1) is 46.4 Å². The number of aromatic nitrogens is 4. The maximum Gasteiger partial charge on any atom is 0.224 e. The highest BCUT2D eigenvalue weighted by molar-refractivity contribution is 6.19. The molecule has 10 nitrogen and oxygen atoms in total. The summed E-state index contributed by atoms with van der Waals surface area (Å²) in [6.07, 6.45) is 3.98. The molecule has 0 saturated carbocycles. The molecule has 0 unspecified atom stereocenters. The zero-order chi connectivity index (χ0) is 47.2. The second-order valence-electron chi connectivity index (χ2n) is 16.7. The van der Waals surface area contributed by atoms with Crippen molar-refractivity contribution in [1.82, 2.24) is 19.9 Å². The number of amides is 2. The molecule has 0 fully saturated rings. The lowest BCUT2D eigenvalue weighted by Crippen LogP contribution is -2.27. The van der Waals surface area contributed by atoms with Gasteiger partial charge in [0.1, 0.15) is 11.6 Å². The Labute approximate surface area is 417 Å². The van der Waals surface area contributed by atoms with Crippen LogP contribution in [-0.4, -0.2) is 81.4 Å². The number of imidazole rings is 2. The Balaban J connectivity index is 0.815. The Morgan fingerprint density at radius 3 is 1.16 bits per heavy atom. The number of alkyl halides is 4. The van der Waals surface area contributed by atoms with E-state index in [4.69, 9.17) is 56.4 Å². The van der Waals surface area contributed by atoms with Gasteiger partial charge >= 0.3 is 0 Å². The van der Waals surface area contributed by atoms with E-state index in [2.05, 4.69) is 103 Å². The Hall–Kier alpha value is -6.04. The number of nitrogens with zero attached hydrogens (tertiary/aromatic N) is 4. The van der Waals surface area contributed by atoms with E-state index < -0.39 is 0 Å². The fourth-order valence-corrected chi connectivity index (χ4v) is 9.14. The number of carbonyl (C=O) groups is 2. The number of rotatable bonds is 23. The van der Waals surface area contributed by atoms with Crippen molar-refractivity contribution in [1.29, 1.82) is 0 Å². The summed E-state index contributed by atoms with van der Waals surface area (Å²) in [6, 6.07) is 44.7. The van der Waals surface area contributed by atoms with E-state index in [0.717, 1.165) is 131 Å². The van der Waals surface area contributed by atoms with E-state index in [0.29, 0.717) is 36.4 Å². The van der Waals surface area contributed by atoms with Crippen LogP contribution in [-0.2, 0) is 22.4 Å². The average Bonchev–Trinajstić information content (AvgIpc) is 3.99. The number of aromatic amines is 2. The van der Waals surface area contributed by atoms with Gasteiger partial charge in [-0.25, -0.2) is 9.97 Å². The van der Waals surface area contributed by atoms with Crippen molar-refractivity contribution in [2.75, 3.05) is 70.1 Å². The molecule has 0 saturated heterocycles. The van der Waals surface area contributed by atoms with Crippen molar-refractivity contribution in [3.63, 3.8) is 0 Å². The molecule has 8 aromatic rings. The zero-order valence-electron chi connectivity index (χ0n) is 37.7. The third-order valence-electron chi connectivity index (χ3n) is 11.9. The highest BCUT2D eigenvalue weighted by Crippen LogP contribution is 2.30. The molecule has 0 aliphatic heterocycles. The van der Waals surface area contributed by atoms with Crippen LogP contribution in [0.2, 0.25) is 0 Å². The summed E-state index contributed by atoms with van der Waals surface area (Å²) in [6.45, 7) is 2.99. The number of carbonyl (C=O) groups excluding carboxylic acids is 2. The quantitative estimate of drug-likeness (QED) is 0.0474. The molecule has 2 aromatic heterocycles. The maximum absolute atomic E-state index is 12.8. The van der Waals surface area contributed by atoms with Gasteiger partial charge in [-0.2, -0.15) is 0 Å². The summed E-state index contributed by atoms with van der Waals surface area (Å²) < 4.78 is 0. The molecule has 68 heavy (non-hydrogen) atoms. The van der Waals surface area contributed by atoms with Crippen LogP contribution in [0.3, 0.4) is 0 Å². The molecule has 0 bridgehead atoms. The number of hydrogen-bond acceptors (Lipinski definition) is 6. The van der Waals surface area contributed by atoms with Crippen molar-refractivity contribution in [3.05, 3.63) is 145 Å². The van der Waals surface area contributed by atoms with Crippen molar-refractivity contribution in [2.45, 2.75) is 38.5 Å². The summed E-state index contributed by atoms with van der Waals surface area (Å²) in [5.74, 6) is 3.65. The highest BCUT2D eigenvalue weighted by Gasteiger charge is 2.13. The molecule has 8 rings (SSSR count). The molecule has 0 radical (unpaired) electrons. The van der Waals surface area contributed by atoms with E-state index >= 15 is 0 Å². The molecule has 0 atom stereocenters. The topological polar surface area (TPSA) is 122 Å². The summed E-state index contributed by atoms with van der Waals surface area (Å²) >= 11 is 23.9. The lowest BCUT2D eigenvalue weighted by Gasteiger charge is -2.23. The number of hydrogen-bond donors (Lipinski definition) is 4. The Morgan fingerprint density at radius 1 is 0.456 bits per heavy atom. The standard InChI is InChI=1S/C54H54Cl4N8O2/c55-27-31-65(32-28-56)45-21-7-37(8-22-45)3-1-5-51(67)59-43-17-11-39(12-18-43)53-61-47-25-15-41(35-49(47)63-53)42-16-26-48-50(36-42)64-54(62-48)40-13-19-44(20-14-40)60-52(68)6-2-4-38-9-23-46(24-10-38)66(33-29-57)34-30-58/h7-26,35-36H,1-6,27-34H2,(H,59,67)(H,60,68)(H,61,63)(H,62,64). The second kappa shape index (κ2) is 23.8. The van der Waals surface area contributed by atoms with Crippen LogP contribution < -0.4 is 20.4 Å². The van der Waals surface area contributed by atoms with Crippen LogP contribution in [0.25, 0.3) is 56.0 Å². The van der Waals surface area contributed by atoms with E-state index in [1.54, 1.807) is 0 Å². The van der Waals surface area contributed by atoms with Gasteiger partial charge in [0.05, 0.1) is 22.1 Å². The van der Waals surface area contributed by atoms with Gasteiger partial charge in [-0.3, -0.25) is 9.59 Å². The first-order chi connectivity index (χ1) is 33.3. The van der Waals surface area contributed by atoms with Gasteiger partial charge in [-0.1, -0.05) is 36.4 Å². The average molecular weight is 989 g/mol. The first kappa shape index (κ1) is 48.4. The minimum atomic E-state index is -0.0156. The Bertz CT molecular complexity index is 2690.